The van der Waals surface area contributed by atoms with Crippen LogP contribution in [0.3, 0.4) is 0 Å². The van der Waals surface area contributed by atoms with Gasteiger partial charge in [0.1, 0.15) is 5.75 Å². The van der Waals surface area contributed by atoms with Crippen LogP contribution in [0.15, 0.2) is 42.5 Å². The van der Waals surface area contributed by atoms with E-state index in [0.29, 0.717) is 11.4 Å². The van der Waals surface area contributed by atoms with Crippen molar-refractivity contribution >= 4 is 23.1 Å². The molecule has 2 N–H and O–H groups in total. The molecule has 1 saturated heterocycles. The monoisotopic (exact) mass is 368 g/mol. The van der Waals surface area contributed by atoms with Crippen molar-refractivity contribution in [3.05, 3.63) is 48.0 Å². The fourth-order valence-electron chi connectivity index (χ4n) is 3.33. The first-order valence-electron chi connectivity index (χ1n) is 9.39. The van der Waals surface area contributed by atoms with Crippen molar-refractivity contribution in [1.29, 1.82) is 0 Å². The summed E-state index contributed by atoms with van der Waals surface area (Å²) >= 11 is 0. The number of urea groups is 1. The van der Waals surface area contributed by atoms with Crippen LogP contribution in [-0.4, -0.2) is 50.8 Å². The van der Waals surface area contributed by atoms with Gasteiger partial charge in [-0.2, -0.15) is 0 Å². The summed E-state index contributed by atoms with van der Waals surface area (Å²) in [5.41, 5.74) is 3.69. The van der Waals surface area contributed by atoms with Gasteiger partial charge in [0.25, 0.3) is 0 Å². The summed E-state index contributed by atoms with van der Waals surface area (Å²) in [4.78, 5) is 17.2. The zero-order chi connectivity index (χ0) is 19.2. The third-order valence-corrected chi connectivity index (χ3v) is 5.00. The van der Waals surface area contributed by atoms with Crippen LogP contribution in [0.1, 0.15) is 12.5 Å². The van der Waals surface area contributed by atoms with E-state index in [9.17, 15) is 4.79 Å². The van der Waals surface area contributed by atoms with Crippen molar-refractivity contribution < 1.29 is 9.53 Å². The number of amides is 2. The third kappa shape index (κ3) is 4.71. The van der Waals surface area contributed by atoms with Crippen LogP contribution in [0.4, 0.5) is 21.9 Å². The fourth-order valence-corrected chi connectivity index (χ4v) is 3.33. The van der Waals surface area contributed by atoms with E-state index in [2.05, 4.69) is 39.5 Å². The maximum Gasteiger partial charge on any atom is 0.323 e. The molecule has 0 aromatic heterocycles. The minimum absolute atomic E-state index is 0.285. The number of piperazine rings is 1. The van der Waals surface area contributed by atoms with Crippen molar-refractivity contribution in [3.8, 4) is 5.75 Å². The molecule has 1 aliphatic heterocycles. The molecule has 0 atom stereocenters. The van der Waals surface area contributed by atoms with Gasteiger partial charge in [-0.1, -0.05) is 19.1 Å². The summed E-state index contributed by atoms with van der Waals surface area (Å²) in [6, 6.07) is 13.2. The number of likely N-dealkylation sites (N-methyl/N-ethyl adjacent to an activating group) is 1. The number of rotatable bonds is 5. The van der Waals surface area contributed by atoms with Gasteiger partial charge >= 0.3 is 6.03 Å². The maximum absolute atomic E-state index is 12.4. The lowest BCUT2D eigenvalue weighted by Gasteiger charge is -2.35. The molecule has 1 heterocycles. The van der Waals surface area contributed by atoms with Gasteiger partial charge in [0.15, 0.2) is 0 Å². The topological polar surface area (TPSA) is 56.8 Å². The molecule has 0 radical (unpaired) electrons. The van der Waals surface area contributed by atoms with E-state index in [4.69, 9.17) is 4.74 Å². The number of nitrogens with one attached hydrogen (secondary N) is 2. The van der Waals surface area contributed by atoms with Crippen molar-refractivity contribution in [2.45, 2.75) is 13.8 Å². The molecule has 2 aromatic rings. The molecule has 1 aliphatic rings. The van der Waals surface area contributed by atoms with Crippen LogP contribution in [0.2, 0.25) is 0 Å². The number of ether oxygens (including phenoxy) is 1. The van der Waals surface area contributed by atoms with E-state index < -0.39 is 0 Å². The smallest absolute Gasteiger partial charge is 0.323 e. The second-order valence-corrected chi connectivity index (χ2v) is 6.70. The molecular formula is C21H28N4O2. The largest absolute Gasteiger partial charge is 0.495 e. The highest BCUT2D eigenvalue weighted by Gasteiger charge is 2.16. The van der Waals surface area contributed by atoms with Crippen LogP contribution in [0, 0.1) is 6.92 Å². The number of para-hydroxylation sites is 2. The summed E-state index contributed by atoms with van der Waals surface area (Å²) < 4.78 is 5.27. The molecule has 1 fully saturated rings. The molecule has 0 unspecified atom stereocenters. The maximum atomic E-state index is 12.4. The zero-order valence-electron chi connectivity index (χ0n) is 16.3. The predicted molar refractivity (Wildman–Crippen MR) is 111 cm³/mol. The first-order valence-corrected chi connectivity index (χ1v) is 9.39. The van der Waals surface area contributed by atoms with Gasteiger partial charge in [-0.05, 0) is 49.4 Å². The quantitative estimate of drug-likeness (QED) is 0.843. The van der Waals surface area contributed by atoms with Crippen molar-refractivity contribution in [3.63, 3.8) is 0 Å². The molecule has 0 saturated carbocycles. The standard InChI is InChI=1S/C21H28N4O2/c1-4-24-11-13-25(14-12-24)17-9-10-18(16(2)15-17)22-21(26)23-19-7-5-6-8-20(19)27-3/h5-10,15H,4,11-14H2,1-3H3,(H2,22,23,26). The van der Waals surface area contributed by atoms with E-state index in [1.54, 1.807) is 7.11 Å². The number of carbonyl (C=O) groups is 1. The summed E-state index contributed by atoms with van der Waals surface area (Å²) in [6.45, 7) is 9.59. The van der Waals surface area contributed by atoms with E-state index in [-0.39, 0.29) is 6.03 Å². The van der Waals surface area contributed by atoms with Gasteiger partial charge in [-0.15, -0.1) is 0 Å². The number of carbonyl (C=O) groups excluding carboxylic acids is 1. The number of methoxy groups -OCH3 is 1. The van der Waals surface area contributed by atoms with Gasteiger partial charge in [0.05, 0.1) is 12.8 Å². The van der Waals surface area contributed by atoms with Crippen molar-refractivity contribution in [2.24, 2.45) is 0 Å². The highest BCUT2D eigenvalue weighted by Crippen LogP contribution is 2.25. The van der Waals surface area contributed by atoms with Gasteiger partial charge in [-0.3, -0.25) is 0 Å². The SMILES string of the molecule is CCN1CCN(c2ccc(NC(=O)Nc3ccccc3OC)c(C)c2)CC1. The fraction of sp³-hybridized carbons (Fsp3) is 0.381. The lowest BCUT2D eigenvalue weighted by molar-refractivity contribution is 0.262. The van der Waals surface area contributed by atoms with Crippen LogP contribution in [-0.2, 0) is 0 Å². The van der Waals surface area contributed by atoms with Gasteiger partial charge in [0, 0.05) is 37.6 Å². The van der Waals surface area contributed by atoms with Crippen molar-refractivity contribution in [1.82, 2.24) is 4.90 Å². The Balaban J connectivity index is 1.63. The van der Waals surface area contributed by atoms with Gasteiger partial charge in [0.2, 0.25) is 0 Å². The molecule has 6 nitrogen and oxygen atoms in total. The molecule has 6 heteroatoms. The van der Waals surface area contributed by atoms with E-state index in [0.717, 1.165) is 44.0 Å². The average molecular weight is 368 g/mol. The lowest BCUT2D eigenvalue weighted by Crippen LogP contribution is -2.46. The molecule has 2 aromatic carbocycles. The Bertz CT molecular complexity index is 786. The Hall–Kier alpha value is -2.73. The highest BCUT2D eigenvalue weighted by atomic mass is 16.5. The molecule has 0 aliphatic carbocycles. The minimum atomic E-state index is -0.285. The summed E-state index contributed by atoms with van der Waals surface area (Å²) in [7, 11) is 1.58. The second kappa shape index (κ2) is 8.77. The minimum Gasteiger partial charge on any atom is -0.495 e. The summed E-state index contributed by atoms with van der Waals surface area (Å²) in [5.74, 6) is 0.631. The molecular weight excluding hydrogens is 340 g/mol. The van der Waals surface area contributed by atoms with E-state index in [1.807, 2.05) is 37.3 Å². The Morgan fingerprint density at radius 3 is 2.41 bits per heavy atom. The summed E-state index contributed by atoms with van der Waals surface area (Å²) in [6.07, 6.45) is 0. The molecule has 2 amide bonds. The molecule has 0 spiro atoms. The van der Waals surface area contributed by atoms with E-state index >= 15 is 0 Å². The number of aryl methyl sites for hydroxylation is 1. The van der Waals surface area contributed by atoms with E-state index in [1.165, 1.54) is 5.69 Å². The van der Waals surface area contributed by atoms with Gasteiger partial charge < -0.3 is 25.2 Å². The number of hydrogen-bond acceptors (Lipinski definition) is 4. The zero-order valence-corrected chi connectivity index (χ0v) is 16.3. The Kier molecular flexibility index (Phi) is 6.19. The first-order chi connectivity index (χ1) is 13.1. The van der Waals surface area contributed by atoms with Crippen molar-refractivity contribution in [2.75, 3.05) is 55.4 Å². The molecule has 3 rings (SSSR count). The number of anilines is 3. The average Bonchev–Trinajstić information content (AvgIpc) is 2.70. The molecule has 0 bridgehead atoms. The normalized spacial score (nSPS) is 14.7. The Labute approximate surface area is 161 Å². The molecule has 27 heavy (non-hydrogen) atoms. The Morgan fingerprint density at radius 2 is 1.74 bits per heavy atom. The summed E-state index contributed by atoms with van der Waals surface area (Å²) in [5, 5.41) is 5.76. The van der Waals surface area contributed by atoms with Crippen LogP contribution < -0.4 is 20.3 Å². The number of benzene rings is 2. The van der Waals surface area contributed by atoms with Gasteiger partial charge in [-0.25, -0.2) is 4.79 Å². The predicted octanol–water partition coefficient (Wildman–Crippen LogP) is 3.79. The van der Waals surface area contributed by atoms with Crippen LogP contribution in [0.25, 0.3) is 0 Å². The second-order valence-electron chi connectivity index (χ2n) is 6.70. The first kappa shape index (κ1) is 19.0. The van der Waals surface area contributed by atoms with Crippen LogP contribution in [0.5, 0.6) is 5.75 Å². The lowest BCUT2D eigenvalue weighted by atomic mass is 10.1. The van der Waals surface area contributed by atoms with Crippen LogP contribution >= 0.6 is 0 Å². The highest BCUT2D eigenvalue weighted by molar-refractivity contribution is 6.01. The third-order valence-electron chi connectivity index (χ3n) is 5.00. The Morgan fingerprint density at radius 1 is 1.04 bits per heavy atom. The number of hydrogen-bond donors (Lipinski definition) is 2. The molecule has 144 valence electrons. The number of nitrogens with zero attached hydrogens (tertiary/aromatic N) is 2.